The van der Waals surface area contributed by atoms with Crippen LogP contribution < -0.4 is 0 Å². The number of sulfonamides is 1. The molecule has 0 spiro atoms. The second kappa shape index (κ2) is 6.51. The lowest BCUT2D eigenvalue weighted by atomic mass is 10.1. The van der Waals surface area contributed by atoms with E-state index in [2.05, 4.69) is 0 Å². The highest BCUT2D eigenvalue weighted by Crippen LogP contribution is 2.20. The van der Waals surface area contributed by atoms with Crippen molar-refractivity contribution in [1.29, 1.82) is 10.5 Å². The zero-order chi connectivity index (χ0) is 15.3. The van der Waals surface area contributed by atoms with Gasteiger partial charge < -0.3 is 0 Å². The summed E-state index contributed by atoms with van der Waals surface area (Å²) in [6, 6.07) is 8.47. The standard InChI is InChI=1S/C14H17N3O2S/c1-4-17(10-11(2)8-15)20(18,19)14-6-5-13(9-16)12(3)7-14/h5-7,11H,4,10H2,1-3H3. The zero-order valence-corrected chi connectivity index (χ0v) is 12.6. The van der Waals surface area contributed by atoms with Crippen molar-refractivity contribution in [3.05, 3.63) is 29.3 Å². The first kappa shape index (κ1) is 16.2. The summed E-state index contributed by atoms with van der Waals surface area (Å²) in [6.07, 6.45) is 0. The van der Waals surface area contributed by atoms with Gasteiger partial charge in [0.25, 0.3) is 0 Å². The van der Waals surface area contributed by atoms with Gasteiger partial charge in [-0.15, -0.1) is 0 Å². The second-order valence-electron chi connectivity index (χ2n) is 4.57. The minimum absolute atomic E-state index is 0.154. The molecule has 1 aromatic rings. The van der Waals surface area contributed by atoms with Crippen LogP contribution in [0.1, 0.15) is 25.0 Å². The van der Waals surface area contributed by atoms with E-state index in [0.29, 0.717) is 17.7 Å². The van der Waals surface area contributed by atoms with Crippen LogP contribution in [0.2, 0.25) is 0 Å². The van der Waals surface area contributed by atoms with Gasteiger partial charge in [-0.3, -0.25) is 0 Å². The summed E-state index contributed by atoms with van der Waals surface area (Å²) in [7, 11) is -3.63. The Labute approximate surface area is 120 Å². The van der Waals surface area contributed by atoms with E-state index in [1.54, 1.807) is 20.8 Å². The molecule has 0 aliphatic heterocycles. The maximum Gasteiger partial charge on any atom is 0.243 e. The average molecular weight is 291 g/mol. The van der Waals surface area contributed by atoms with Gasteiger partial charge in [0.05, 0.1) is 28.5 Å². The molecular weight excluding hydrogens is 274 g/mol. The van der Waals surface area contributed by atoms with E-state index >= 15 is 0 Å². The molecule has 20 heavy (non-hydrogen) atoms. The Morgan fingerprint density at radius 1 is 1.35 bits per heavy atom. The van der Waals surface area contributed by atoms with Crippen LogP contribution in [0.4, 0.5) is 0 Å². The normalized spacial score (nSPS) is 12.7. The summed E-state index contributed by atoms with van der Waals surface area (Å²) in [5, 5.41) is 17.7. The highest BCUT2D eigenvalue weighted by molar-refractivity contribution is 7.89. The van der Waals surface area contributed by atoms with Crippen molar-refractivity contribution < 1.29 is 8.42 Å². The molecule has 1 aromatic carbocycles. The van der Waals surface area contributed by atoms with Crippen LogP contribution in [0.3, 0.4) is 0 Å². The molecule has 1 unspecified atom stereocenters. The molecule has 106 valence electrons. The number of rotatable bonds is 5. The fourth-order valence-electron chi connectivity index (χ4n) is 1.81. The molecule has 6 heteroatoms. The average Bonchev–Trinajstić information content (AvgIpc) is 2.43. The van der Waals surface area contributed by atoms with Gasteiger partial charge in [0.2, 0.25) is 10.0 Å². The molecule has 0 amide bonds. The van der Waals surface area contributed by atoms with Crippen molar-refractivity contribution in [2.75, 3.05) is 13.1 Å². The first-order valence-electron chi connectivity index (χ1n) is 6.27. The number of aryl methyl sites for hydroxylation is 1. The Bertz CT molecular complexity index is 669. The van der Waals surface area contributed by atoms with E-state index in [0.717, 1.165) is 0 Å². The van der Waals surface area contributed by atoms with Gasteiger partial charge in [0, 0.05) is 13.1 Å². The number of benzene rings is 1. The summed E-state index contributed by atoms with van der Waals surface area (Å²) in [4.78, 5) is 0.154. The molecule has 1 atom stereocenters. The molecular formula is C14H17N3O2S. The second-order valence-corrected chi connectivity index (χ2v) is 6.51. The maximum atomic E-state index is 12.5. The van der Waals surface area contributed by atoms with Crippen molar-refractivity contribution in [1.82, 2.24) is 4.31 Å². The van der Waals surface area contributed by atoms with Crippen LogP contribution in [-0.2, 0) is 10.0 Å². The Morgan fingerprint density at radius 2 is 2.00 bits per heavy atom. The summed E-state index contributed by atoms with van der Waals surface area (Å²) >= 11 is 0. The number of hydrogen-bond donors (Lipinski definition) is 0. The molecule has 5 nitrogen and oxygen atoms in total. The first-order valence-corrected chi connectivity index (χ1v) is 7.71. The lowest BCUT2D eigenvalue weighted by Crippen LogP contribution is -2.34. The molecule has 0 bridgehead atoms. The molecule has 0 heterocycles. The smallest absolute Gasteiger partial charge is 0.207 e. The molecule has 0 aliphatic carbocycles. The molecule has 1 rings (SSSR count). The maximum absolute atomic E-state index is 12.5. The van der Waals surface area contributed by atoms with Gasteiger partial charge in [0.1, 0.15) is 0 Å². The summed E-state index contributed by atoms with van der Waals surface area (Å²) in [6.45, 7) is 5.58. The largest absolute Gasteiger partial charge is 0.243 e. The highest BCUT2D eigenvalue weighted by atomic mass is 32.2. The number of hydrogen-bond acceptors (Lipinski definition) is 4. The molecule has 0 saturated carbocycles. The van der Waals surface area contributed by atoms with E-state index < -0.39 is 10.0 Å². The third kappa shape index (κ3) is 3.36. The predicted octanol–water partition coefficient (Wildman–Crippen LogP) is 2.04. The van der Waals surface area contributed by atoms with Gasteiger partial charge in [-0.25, -0.2) is 8.42 Å². The number of nitrogens with zero attached hydrogens (tertiary/aromatic N) is 3. The van der Waals surface area contributed by atoms with E-state index in [4.69, 9.17) is 10.5 Å². The van der Waals surface area contributed by atoms with Crippen LogP contribution in [0.5, 0.6) is 0 Å². The fourth-order valence-corrected chi connectivity index (χ4v) is 3.44. The van der Waals surface area contributed by atoms with Crippen molar-refractivity contribution in [2.45, 2.75) is 25.7 Å². The fraction of sp³-hybridized carbons (Fsp3) is 0.429. The van der Waals surface area contributed by atoms with Crippen molar-refractivity contribution >= 4 is 10.0 Å². The van der Waals surface area contributed by atoms with Crippen molar-refractivity contribution in [2.24, 2.45) is 5.92 Å². The predicted molar refractivity (Wildman–Crippen MR) is 75.1 cm³/mol. The molecule has 0 fully saturated rings. The summed E-state index contributed by atoms with van der Waals surface area (Å²) in [5.74, 6) is -0.371. The van der Waals surface area contributed by atoms with E-state index in [1.165, 1.54) is 22.5 Å². The Kier molecular flexibility index (Phi) is 5.26. The molecule has 0 radical (unpaired) electrons. The topological polar surface area (TPSA) is 85.0 Å². The van der Waals surface area contributed by atoms with Crippen molar-refractivity contribution in [3.63, 3.8) is 0 Å². The lowest BCUT2D eigenvalue weighted by Gasteiger charge is -2.21. The summed E-state index contributed by atoms with van der Waals surface area (Å²) < 4.78 is 26.3. The quantitative estimate of drug-likeness (QED) is 0.830. The molecule has 0 N–H and O–H groups in total. The Hall–Kier alpha value is -1.89. The zero-order valence-electron chi connectivity index (χ0n) is 11.8. The first-order chi connectivity index (χ1) is 9.36. The highest BCUT2D eigenvalue weighted by Gasteiger charge is 2.25. The molecule has 0 saturated heterocycles. The minimum atomic E-state index is -3.63. The van der Waals surface area contributed by atoms with Crippen LogP contribution in [-0.4, -0.2) is 25.8 Å². The molecule has 0 aliphatic rings. The third-order valence-corrected chi connectivity index (χ3v) is 4.94. The van der Waals surface area contributed by atoms with Crippen LogP contribution >= 0.6 is 0 Å². The SMILES string of the molecule is CCN(CC(C)C#N)S(=O)(=O)c1ccc(C#N)c(C)c1. The Balaban J connectivity index is 3.19. The van der Waals surface area contributed by atoms with Crippen LogP contribution in [0.15, 0.2) is 23.1 Å². The van der Waals surface area contributed by atoms with Crippen LogP contribution in [0.25, 0.3) is 0 Å². The van der Waals surface area contributed by atoms with Gasteiger partial charge in [-0.05, 0) is 37.6 Å². The van der Waals surface area contributed by atoms with E-state index in [9.17, 15) is 8.42 Å². The van der Waals surface area contributed by atoms with Gasteiger partial charge in [-0.1, -0.05) is 6.92 Å². The van der Waals surface area contributed by atoms with Crippen LogP contribution in [0, 0.1) is 35.5 Å². The van der Waals surface area contributed by atoms with E-state index in [-0.39, 0.29) is 17.4 Å². The number of nitriles is 2. The van der Waals surface area contributed by atoms with E-state index in [1.807, 2.05) is 12.1 Å². The molecule has 0 aromatic heterocycles. The monoisotopic (exact) mass is 291 g/mol. The minimum Gasteiger partial charge on any atom is -0.207 e. The Morgan fingerprint density at radius 3 is 2.45 bits per heavy atom. The third-order valence-electron chi connectivity index (χ3n) is 3.01. The van der Waals surface area contributed by atoms with Crippen molar-refractivity contribution in [3.8, 4) is 12.1 Å². The van der Waals surface area contributed by atoms with Gasteiger partial charge >= 0.3 is 0 Å². The summed E-state index contributed by atoms with van der Waals surface area (Å²) in [5.41, 5.74) is 1.08. The lowest BCUT2D eigenvalue weighted by molar-refractivity contribution is 0.400. The van der Waals surface area contributed by atoms with Gasteiger partial charge in [-0.2, -0.15) is 14.8 Å². The van der Waals surface area contributed by atoms with Gasteiger partial charge in [0.15, 0.2) is 0 Å².